The van der Waals surface area contributed by atoms with Crippen LogP contribution in [0.5, 0.6) is 11.5 Å². The minimum atomic E-state index is -3.86. The van der Waals surface area contributed by atoms with E-state index >= 15 is 0 Å². The summed E-state index contributed by atoms with van der Waals surface area (Å²) >= 11 is 7.22. The molecule has 1 aromatic heterocycles. The molecule has 9 nitrogen and oxygen atoms in total. The number of nitrogens with one attached hydrogen (secondary N) is 1. The minimum absolute atomic E-state index is 0.154. The van der Waals surface area contributed by atoms with Crippen molar-refractivity contribution in [2.45, 2.75) is 13.0 Å². The van der Waals surface area contributed by atoms with E-state index in [1.54, 1.807) is 25.3 Å². The fourth-order valence-corrected chi connectivity index (χ4v) is 5.04. The van der Waals surface area contributed by atoms with Crippen LogP contribution in [0.15, 0.2) is 42.5 Å². The number of nitrogens with zero attached hydrogens (tertiary/aromatic N) is 3. The number of benzene rings is 2. The lowest BCUT2D eigenvalue weighted by Gasteiger charge is -2.29. The van der Waals surface area contributed by atoms with Crippen molar-refractivity contribution in [2.24, 2.45) is 0 Å². The number of carbonyl (C=O) groups excluding carboxylic acids is 1. The number of hydrogen-bond acceptors (Lipinski definition) is 8. The van der Waals surface area contributed by atoms with Crippen molar-refractivity contribution in [1.82, 2.24) is 10.2 Å². The van der Waals surface area contributed by atoms with Crippen molar-refractivity contribution in [3.8, 4) is 22.1 Å². The molecule has 0 aliphatic carbocycles. The quantitative estimate of drug-likeness (QED) is 0.506. The lowest BCUT2D eigenvalue weighted by Crippen LogP contribution is -2.45. The van der Waals surface area contributed by atoms with Crippen LogP contribution in [-0.2, 0) is 14.8 Å². The Kier molecular flexibility index (Phi) is 7.22. The largest absolute Gasteiger partial charge is 0.497 e. The summed E-state index contributed by atoms with van der Waals surface area (Å²) in [4.78, 5) is 12.9. The number of halogens is 1. The number of hydrogen-bond donors (Lipinski definition) is 1. The maximum atomic E-state index is 12.9. The first-order chi connectivity index (χ1) is 15.1. The molecule has 0 unspecified atom stereocenters. The van der Waals surface area contributed by atoms with Gasteiger partial charge >= 0.3 is 0 Å². The van der Waals surface area contributed by atoms with Gasteiger partial charge in [-0.15, -0.1) is 10.2 Å². The lowest BCUT2D eigenvalue weighted by molar-refractivity contribution is -0.116. The number of carbonyl (C=O) groups is 1. The fraction of sp³-hybridized carbons (Fsp3) is 0.250. The SMILES string of the molecule is COc1ccc(-c2nnc(NC(=O)[C@@H](C)N(c3cc(Cl)ccc3OC)S(C)(=O)=O)s2)cc1. The number of amides is 1. The van der Waals surface area contributed by atoms with E-state index in [0.717, 1.165) is 27.5 Å². The molecule has 32 heavy (non-hydrogen) atoms. The van der Waals surface area contributed by atoms with Crippen LogP contribution in [0, 0.1) is 0 Å². The second-order valence-electron chi connectivity index (χ2n) is 6.68. The molecule has 0 aliphatic heterocycles. The number of ether oxygens (including phenoxy) is 2. The van der Waals surface area contributed by atoms with Gasteiger partial charge in [0.15, 0.2) is 0 Å². The summed E-state index contributed by atoms with van der Waals surface area (Å²) in [5.41, 5.74) is 0.958. The highest BCUT2D eigenvalue weighted by Crippen LogP contribution is 2.34. The highest BCUT2D eigenvalue weighted by Gasteiger charge is 2.32. The van der Waals surface area contributed by atoms with Gasteiger partial charge in [-0.05, 0) is 49.4 Å². The number of sulfonamides is 1. The van der Waals surface area contributed by atoms with Crippen LogP contribution in [-0.4, -0.2) is 51.0 Å². The zero-order valence-corrected chi connectivity index (χ0v) is 20.1. The van der Waals surface area contributed by atoms with Gasteiger partial charge in [-0.2, -0.15) is 0 Å². The Morgan fingerprint density at radius 3 is 2.41 bits per heavy atom. The number of rotatable bonds is 8. The summed E-state index contributed by atoms with van der Waals surface area (Å²) in [7, 11) is -0.879. The molecule has 1 amide bonds. The van der Waals surface area contributed by atoms with Gasteiger partial charge in [0.1, 0.15) is 22.5 Å². The van der Waals surface area contributed by atoms with Crippen LogP contribution in [0.2, 0.25) is 5.02 Å². The van der Waals surface area contributed by atoms with Gasteiger partial charge in [-0.3, -0.25) is 14.4 Å². The Labute approximate surface area is 195 Å². The molecule has 0 bridgehead atoms. The van der Waals surface area contributed by atoms with E-state index in [9.17, 15) is 13.2 Å². The molecule has 1 N–H and O–H groups in total. The van der Waals surface area contributed by atoms with Gasteiger partial charge < -0.3 is 9.47 Å². The van der Waals surface area contributed by atoms with Gasteiger partial charge in [0.25, 0.3) is 0 Å². The number of anilines is 2. The third kappa shape index (κ3) is 5.29. The Bertz CT molecular complexity index is 1210. The monoisotopic (exact) mass is 496 g/mol. The summed E-state index contributed by atoms with van der Waals surface area (Å²) in [5, 5.41) is 11.8. The van der Waals surface area contributed by atoms with E-state index in [2.05, 4.69) is 15.5 Å². The lowest BCUT2D eigenvalue weighted by atomic mass is 10.2. The molecule has 170 valence electrons. The predicted octanol–water partition coefficient (Wildman–Crippen LogP) is 3.67. The highest BCUT2D eigenvalue weighted by atomic mass is 35.5. The average Bonchev–Trinajstić information content (AvgIpc) is 3.21. The maximum Gasteiger partial charge on any atom is 0.249 e. The first-order valence-corrected chi connectivity index (χ1v) is 12.3. The Hall–Kier alpha value is -2.89. The molecule has 3 rings (SSSR count). The molecule has 1 heterocycles. The van der Waals surface area contributed by atoms with Gasteiger partial charge in [-0.25, -0.2) is 8.42 Å². The predicted molar refractivity (Wildman–Crippen MR) is 125 cm³/mol. The molecule has 0 saturated carbocycles. The molecule has 0 saturated heterocycles. The molecule has 3 aromatic rings. The van der Waals surface area contributed by atoms with E-state index in [-0.39, 0.29) is 16.6 Å². The van der Waals surface area contributed by atoms with Crippen LogP contribution in [0.25, 0.3) is 10.6 Å². The fourth-order valence-electron chi connectivity index (χ4n) is 2.95. The first kappa shape index (κ1) is 23.8. The summed E-state index contributed by atoms with van der Waals surface area (Å²) in [6.07, 6.45) is 1.00. The molecular formula is C20H21ClN4O5S2. The average molecular weight is 497 g/mol. The topological polar surface area (TPSA) is 111 Å². The van der Waals surface area contributed by atoms with Crippen LogP contribution in [0.3, 0.4) is 0 Å². The van der Waals surface area contributed by atoms with Gasteiger partial charge in [0.2, 0.25) is 21.1 Å². The van der Waals surface area contributed by atoms with E-state index in [4.69, 9.17) is 21.1 Å². The molecule has 1 atom stereocenters. The zero-order valence-electron chi connectivity index (χ0n) is 17.7. The zero-order chi connectivity index (χ0) is 23.5. The van der Waals surface area contributed by atoms with E-state index in [1.807, 2.05) is 12.1 Å². The van der Waals surface area contributed by atoms with Crippen molar-refractivity contribution in [3.05, 3.63) is 47.5 Å². The minimum Gasteiger partial charge on any atom is -0.497 e. The van der Waals surface area contributed by atoms with E-state index < -0.39 is 22.0 Å². The van der Waals surface area contributed by atoms with Crippen molar-refractivity contribution in [1.29, 1.82) is 0 Å². The summed E-state index contributed by atoms with van der Waals surface area (Å²) in [5.74, 6) is 0.380. The van der Waals surface area contributed by atoms with Crippen LogP contribution >= 0.6 is 22.9 Å². The Morgan fingerprint density at radius 1 is 1.12 bits per heavy atom. The molecule has 2 aromatic carbocycles. The van der Waals surface area contributed by atoms with Crippen molar-refractivity contribution < 1.29 is 22.7 Å². The first-order valence-electron chi connectivity index (χ1n) is 9.25. The summed E-state index contributed by atoms with van der Waals surface area (Å²) in [6, 6.07) is 10.6. The number of aromatic nitrogens is 2. The smallest absolute Gasteiger partial charge is 0.249 e. The second-order valence-corrected chi connectivity index (χ2v) is 9.95. The van der Waals surface area contributed by atoms with E-state index in [1.165, 1.54) is 26.2 Å². The van der Waals surface area contributed by atoms with Crippen molar-refractivity contribution in [3.63, 3.8) is 0 Å². The van der Waals surface area contributed by atoms with Gasteiger partial charge in [-0.1, -0.05) is 22.9 Å². The molecule has 0 spiro atoms. The maximum absolute atomic E-state index is 12.9. The normalized spacial score (nSPS) is 12.2. The summed E-state index contributed by atoms with van der Waals surface area (Å²) in [6.45, 7) is 1.46. The van der Waals surface area contributed by atoms with Gasteiger partial charge in [0, 0.05) is 10.6 Å². The third-order valence-electron chi connectivity index (χ3n) is 4.46. The third-order valence-corrected chi connectivity index (χ3v) is 6.81. The van der Waals surface area contributed by atoms with Crippen molar-refractivity contribution >= 4 is 49.7 Å². The molecule has 0 fully saturated rings. The van der Waals surface area contributed by atoms with Gasteiger partial charge in [0.05, 0.1) is 26.2 Å². The van der Waals surface area contributed by atoms with E-state index in [0.29, 0.717) is 15.8 Å². The molecular weight excluding hydrogens is 476 g/mol. The summed E-state index contributed by atoms with van der Waals surface area (Å²) < 4.78 is 36.5. The molecule has 12 heteroatoms. The number of methoxy groups -OCH3 is 2. The second kappa shape index (κ2) is 9.72. The van der Waals surface area contributed by atoms with Crippen LogP contribution in [0.1, 0.15) is 6.92 Å². The Morgan fingerprint density at radius 2 is 1.81 bits per heavy atom. The van der Waals surface area contributed by atoms with Crippen LogP contribution in [0.4, 0.5) is 10.8 Å². The van der Waals surface area contributed by atoms with Crippen LogP contribution < -0.4 is 19.1 Å². The highest BCUT2D eigenvalue weighted by molar-refractivity contribution is 7.92. The molecule has 0 aliphatic rings. The molecule has 0 radical (unpaired) electrons. The Balaban J connectivity index is 1.85. The van der Waals surface area contributed by atoms with Crippen molar-refractivity contribution in [2.75, 3.05) is 30.1 Å². The standard InChI is InChI=1S/C20H21ClN4O5S2/c1-12(25(32(4,27)28)16-11-14(21)7-10-17(16)30-3)18(26)22-20-24-23-19(31-20)13-5-8-15(29-2)9-6-13/h5-12H,1-4H3,(H,22,24,26)/t12-/m1/s1.